The van der Waals surface area contributed by atoms with Gasteiger partial charge in [-0.2, -0.15) is 0 Å². The summed E-state index contributed by atoms with van der Waals surface area (Å²) in [6.07, 6.45) is 10.0. The van der Waals surface area contributed by atoms with Crippen molar-refractivity contribution in [3.8, 4) is 0 Å². The largest absolute Gasteiger partial charge is 0.395 e. The van der Waals surface area contributed by atoms with E-state index in [1.807, 2.05) is 0 Å². The summed E-state index contributed by atoms with van der Waals surface area (Å²) in [5.74, 6) is 2.04. The maximum absolute atomic E-state index is 11.2. The molecule has 0 radical (unpaired) electrons. The van der Waals surface area contributed by atoms with Crippen LogP contribution in [0.4, 0.5) is 0 Å². The molecule has 2 N–H and O–H groups in total. The van der Waals surface area contributed by atoms with E-state index >= 15 is 0 Å². The third-order valence-electron chi connectivity index (χ3n) is 9.63. The van der Waals surface area contributed by atoms with Crippen LogP contribution in [0.15, 0.2) is 12.2 Å². The molecule has 0 aromatic heterocycles. The highest BCUT2D eigenvalue weighted by Gasteiger charge is 2.69. The SMILES string of the molecule is C=C1[C@@H]2CC[C@]3(CC[C@@H]4[C@@]5(C)CCC[C@]4(CN(CCO)C5)[C@H]3C2)[C@H]1O. The second-order valence-corrected chi connectivity index (χ2v) is 10.5. The Kier molecular flexibility index (Phi) is 3.57. The Labute approximate surface area is 152 Å². The number of aliphatic hydroxyl groups is 2. The lowest BCUT2D eigenvalue weighted by atomic mass is 9.35. The molecular weight excluding hydrogens is 310 g/mol. The van der Waals surface area contributed by atoms with E-state index in [2.05, 4.69) is 18.4 Å². The number of β-amino-alcohol motifs (C(OH)–C–C–N with tert-alkyl or cyclic N) is 1. The van der Waals surface area contributed by atoms with Gasteiger partial charge in [0.15, 0.2) is 0 Å². The molecule has 3 heteroatoms. The first-order valence-electron chi connectivity index (χ1n) is 10.7. The molecule has 0 aromatic carbocycles. The van der Waals surface area contributed by atoms with Gasteiger partial charge in [-0.25, -0.2) is 0 Å². The van der Waals surface area contributed by atoms with Gasteiger partial charge in [0.1, 0.15) is 0 Å². The van der Waals surface area contributed by atoms with Crippen molar-refractivity contribution < 1.29 is 10.2 Å². The van der Waals surface area contributed by atoms with Crippen molar-refractivity contribution in [3.63, 3.8) is 0 Å². The van der Waals surface area contributed by atoms with E-state index in [1.165, 1.54) is 57.9 Å². The van der Waals surface area contributed by atoms with E-state index in [4.69, 9.17) is 0 Å². The number of nitrogens with zero attached hydrogens (tertiary/aromatic N) is 1. The molecule has 7 atom stereocenters. The second-order valence-electron chi connectivity index (χ2n) is 10.5. The summed E-state index contributed by atoms with van der Waals surface area (Å²) in [4.78, 5) is 2.57. The zero-order valence-electron chi connectivity index (χ0n) is 15.8. The van der Waals surface area contributed by atoms with Crippen molar-refractivity contribution in [2.75, 3.05) is 26.2 Å². The Hall–Kier alpha value is -0.380. The molecule has 1 spiro atoms. The minimum Gasteiger partial charge on any atom is -0.395 e. The average Bonchev–Trinajstić information content (AvgIpc) is 2.58. The first-order valence-corrected chi connectivity index (χ1v) is 10.7. The molecule has 3 nitrogen and oxygen atoms in total. The van der Waals surface area contributed by atoms with Crippen LogP contribution >= 0.6 is 0 Å². The van der Waals surface area contributed by atoms with Crippen molar-refractivity contribution in [1.82, 2.24) is 4.90 Å². The molecule has 140 valence electrons. The minimum atomic E-state index is -0.262. The number of likely N-dealkylation sites (tertiary alicyclic amines) is 1. The van der Waals surface area contributed by atoms with E-state index in [-0.39, 0.29) is 18.1 Å². The standard InChI is InChI=1S/C22H35NO2/c1-15-16-4-8-21(19(15)25)9-5-17-20(2)6-3-7-22(17,18(21)12-16)14-23(13-20)10-11-24/h16-19,24-25H,1,3-14H2,2H3/t16-,17-,18+,19+,20+,21-,22-/m1/s1. The number of rotatable bonds is 2. The summed E-state index contributed by atoms with van der Waals surface area (Å²) in [5, 5.41) is 20.8. The van der Waals surface area contributed by atoms with Crippen molar-refractivity contribution in [2.24, 2.45) is 34.0 Å². The predicted molar refractivity (Wildman–Crippen MR) is 99.1 cm³/mol. The van der Waals surface area contributed by atoms with E-state index in [0.29, 0.717) is 22.7 Å². The summed E-state index contributed by atoms with van der Waals surface area (Å²) >= 11 is 0. The smallest absolute Gasteiger partial charge is 0.0809 e. The van der Waals surface area contributed by atoms with Gasteiger partial charge in [-0.15, -0.1) is 0 Å². The first kappa shape index (κ1) is 16.8. The Bertz CT molecular complexity index is 591. The summed E-state index contributed by atoms with van der Waals surface area (Å²) < 4.78 is 0. The molecule has 5 saturated carbocycles. The molecule has 0 amide bonds. The lowest BCUT2D eigenvalue weighted by Gasteiger charge is -2.73. The highest BCUT2D eigenvalue weighted by atomic mass is 16.3. The first-order chi connectivity index (χ1) is 12.0. The molecule has 0 unspecified atom stereocenters. The third-order valence-corrected chi connectivity index (χ3v) is 9.63. The maximum Gasteiger partial charge on any atom is 0.0809 e. The summed E-state index contributed by atoms with van der Waals surface area (Å²) in [5.41, 5.74) is 2.05. The van der Waals surface area contributed by atoms with Crippen LogP contribution < -0.4 is 0 Å². The van der Waals surface area contributed by atoms with Gasteiger partial charge in [0.05, 0.1) is 12.7 Å². The zero-order valence-corrected chi connectivity index (χ0v) is 15.8. The molecule has 1 aliphatic heterocycles. The quantitative estimate of drug-likeness (QED) is 0.755. The molecule has 4 bridgehead atoms. The summed E-state index contributed by atoms with van der Waals surface area (Å²) in [6, 6.07) is 0. The van der Waals surface area contributed by atoms with E-state index in [0.717, 1.165) is 24.6 Å². The molecular formula is C22H35NO2. The van der Waals surface area contributed by atoms with E-state index in [9.17, 15) is 10.2 Å². The van der Waals surface area contributed by atoms with Crippen LogP contribution in [0.1, 0.15) is 58.3 Å². The van der Waals surface area contributed by atoms with Crippen molar-refractivity contribution in [2.45, 2.75) is 64.4 Å². The van der Waals surface area contributed by atoms with Crippen LogP contribution in [-0.4, -0.2) is 47.5 Å². The molecule has 6 fully saturated rings. The normalized spacial score (nSPS) is 54.9. The number of aliphatic hydroxyl groups excluding tert-OH is 2. The van der Waals surface area contributed by atoms with Gasteiger partial charge in [-0.05, 0) is 79.1 Å². The molecule has 6 rings (SSSR count). The number of piperidine rings is 1. The Morgan fingerprint density at radius 3 is 2.68 bits per heavy atom. The fourth-order valence-corrected chi connectivity index (χ4v) is 8.86. The Morgan fingerprint density at radius 1 is 1.08 bits per heavy atom. The van der Waals surface area contributed by atoms with Gasteiger partial charge in [0.25, 0.3) is 0 Å². The fourth-order valence-electron chi connectivity index (χ4n) is 8.86. The third kappa shape index (κ3) is 1.98. The summed E-state index contributed by atoms with van der Waals surface area (Å²) in [6.45, 7) is 10.3. The number of hydrogen-bond donors (Lipinski definition) is 2. The Morgan fingerprint density at radius 2 is 1.88 bits per heavy atom. The molecule has 1 heterocycles. The monoisotopic (exact) mass is 345 g/mol. The fraction of sp³-hybridized carbons (Fsp3) is 0.909. The topological polar surface area (TPSA) is 43.7 Å². The molecule has 25 heavy (non-hydrogen) atoms. The Balaban J connectivity index is 1.59. The van der Waals surface area contributed by atoms with E-state index in [1.54, 1.807) is 0 Å². The maximum atomic E-state index is 11.2. The number of hydrogen-bond acceptors (Lipinski definition) is 3. The van der Waals surface area contributed by atoms with Crippen molar-refractivity contribution in [1.29, 1.82) is 0 Å². The van der Waals surface area contributed by atoms with Gasteiger partial charge in [0, 0.05) is 25.0 Å². The predicted octanol–water partition coefficient (Wildman–Crippen LogP) is 3.21. The van der Waals surface area contributed by atoms with Gasteiger partial charge in [0.2, 0.25) is 0 Å². The lowest BCUT2D eigenvalue weighted by Crippen LogP contribution is -2.71. The lowest BCUT2D eigenvalue weighted by molar-refractivity contribution is -0.240. The van der Waals surface area contributed by atoms with Crippen LogP contribution in [-0.2, 0) is 0 Å². The molecule has 5 aliphatic carbocycles. The van der Waals surface area contributed by atoms with Crippen LogP contribution in [0.5, 0.6) is 0 Å². The highest BCUT2D eigenvalue weighted by molar-refractivity contribution is 5.27. The second kappa shape index (κ2) is 5.33. The van der Waals surface area contributed by atoms with Gasteiger partial charge in [-0.1, -0.05) is 19.9 Å². The van der Waals surface area contributed by atoms with Gasteiger partial charge >= 0.3 is 0 Å². The highest BCUT2D eigenvalue weighted by Crippen LogP contribution is 2.73. The van der Waals surface area contributed by atoms with Gasteiger partial charge < -0.3 is 10.2 Å². The van der Waals surface area contributed by atoms with Crippen LogP contribution in [0.25, 0.3) is 0 Å². The minimum absolute atomic E-state index is 0.114. The number of fused-ring (bicyclic) bond motifs is 2. The molecule has 0 aromatic rings. The average molecular weight is 346 g/mol. The van der Waals surface area contributed by atoms with E-state index < -0.39 is 0 Å². The van der Waals surface area contributed by atoms with Crippen molar-refractivity contribution in [3.05, 3.63) is 12.2 Å². The van der Waals surface area contributed by atoms with Crippen LogP contribution in [0, 0.1) is 34.0 Å². The van der Waals surface area contributed by atoms with Gasteiger partial charge in [-0.3, -0.25) is 4.90 Å². The molecule has 6 aliphatic rings. The summed E-state index contributed by atoms with van der Waals surface area (Å²) in [7, 11) is 0. The van der Waals surface area contributed by atoms with Crippen molar-refractivity contribution >= 4 is 0 Å². The van der Waals surface area contributed by atoms with Crippen LogP contribution in [0.2, 0.25) is 0 Å². The molecule has 1 saturated heterocycles. The van der Waals surface area contributed by atoms with Crippen LogP contribution in [0.3, 0.4) is 0 Å². The zero-order chi connectivity index (χ0) is 17.4.